The Morgan fingerprint density at radius 3 is 1.66 bits per heavy atom. The summed E-state index contributed by atoms with van der Waals surface area (Å²) in [6, 6.07) is 7.38. The van der Waals surface area contributed by atoms with Gasteiger partial charge < -0.3 is 19.7 Å². The Morgan fingerprint density at radius 1 is 0.724 bits per heavy atom. The van der Waals surface area contributed by atoms with Crippen molar-refractivity contribution in [1.82, 2.24) is 0 Å². The van der Waals surface area contributed by atoms with Gasteiger partial charge in [0.25, 0.3) is 0 Å². The van der Waals surface area contributed by atoms with E-state index in [9.17, 15) is 9.59 Å². The van der Waals surface area contributed by atoms with Crippen molar-refractivity contribution in [3.05, 3.63) is 55.4 Å². The Balaban J connectivity index is 0.000000291. The molecular formula is C18H15Cl5O6. The lowest BCUT2D eigenvalue weighted by Gasteiger charge is -2.12. The molecule has 2 rings (SSSR count). The van der Waals surface area contributed by atoms with E-state index in [1.165, 1.54) is 38.1 Å². The molecule has 0 fully saturated rings. The zero-order chi connectivity index (χ0) is 22.3. The normalized spacial score (nSPS) is 12.2. The third-order valence-corrected chi connectivity index (χ3v) is 4.72. The zero-order valence-corrected chi connectivity index (χ0v) is 18.7. The molecule has 0 aliphatic rings. The molecule has 2 N–H and O–H groups in total. The molecule has 2 atom stereocenters. The van der Waals surface area contributed by atoms with E-state index in [2.05, 4.69) is 0 Å². The van der Waals surface area contributed by atoms with Crippen LogP contribution in [0.25, 0.3) is 0 Å². The number of hydrogen-bond acceptors (Lipinski definition) is 4. The van der Waals surface area contributed by atoms with Gasteiger partial charge in [-0.1, -0.05) is 58.0 Å². The molecule has 0 aliphatic carbocycles. The van der Waals surface area contributed by atoms with Crippen LogP contribution in [0.2, 0.25) is 25.1 Å². The van der Waals surface area contributed by atoms with Crippen LogP contribution in [0.15, 0.2) is 30.3 Å². The summed E-state index contributed by atoms with van der Waals surface area (Å²) in [5.41, 5.74) is 0. The van der Waals surface area contributed by atoms with Gasteiger partial charge in [-0.15, -0.1) is 0 Å². The Kier molecular flexibility index (Phi) is 10.2. The molecule has 6 nitrogen and oxygen atoms in total. The van der Waals surface area contributed by atoms with Gasteiger partial charge in [0, 0.05) is 11.1 Å². The maximum absolute atomic E-state index is 10.5. The molecule has 0 heterocycles. The molecule has 0 spiro atoms. The summed E-state index contributed by atoms with van der Waals surface area (Å²) in [7, 11) is 0. The van der Waals surface area contributed by atoms with Gasteiger partial charge in [0.2, 0.25) is 0 Å². The Morgan fingerprint density at radius 2 is 1.17 bits per heavy atom. The monoisotopic (exact) mass is 502 g/mol. The number of halogens is 5. The smallest absolute Gasteiger partial charge is 0.344 e. The van der Waals surface area contributed by atoms with Crippen LogP contribution in [0.5, 0.6) is 11.5 Å². The highest BCUT2D eigenvalue weighted by molar-refractivity contribution is 6.43. The first-order valence-corrected chi connectivity index (χ1v) is 9.69. The number of benzene rings is 2. The Hall–Kier alpha value is -1.57. The molecule has 0 amide bonds. The van der Waals surface area contributed by atoms with Crippen molar-refractivity contribution in [2.45, 2.75) is 26.1 Å². The second-order valence-electron chi connectivity index (χ2n) is 5.47. The molecule has 0 saturated carbocycles. The minimum Gasteiger partial charge on any atom is -0.479 e. The third kappa shape index (κ3) is 8.36. The van der Waals surface area contributed by atoms with Crippen molar-refractivity contribution in [2.24, 2.45) is 0 Å². The van der Waals surface area contributed by atoms with Crippen LogP contribution in [0.3, 0.4) is 0 Å². The lowest BCUT2D eigenvalue weighted by Crippen LogP contribution is -2.22. The topological polar surface area (TPSA) is 93.1 Å². The summed E-state index contributed by atoms with van der Waals surface area (Å²) in [6.07, 6.45) is -1.94. The van der Waals surface area contributed by atoms with Gasteiger partial charge in [0.15, 0.2) is 12.2 Å². The van der Waals surface area contributed by atoms with Crippen LogP contribution in [-0.4, -0.2) is 34.4 Å². The van der Waals surface area contributed by atoms with Crippen molar-refractivity contribution >= 4 is 69.9 Å². The fraction of sp³-hybridized carbons (Fsp3) is 0.222. The molecule has 11 heteroatoms. The van der Waals surface area contributed by atoms with Gasteiger partial charge in [0.05, 0.1) is 20.1 Å². The highest BCUT2D eigenvalue weighted by Crippen LogP contribution is 2.34. The van der Waals surface area contributed by atoms with Crippen LogP contribution in [-0.2, 0) is 9.59 Å². The average molecular weight is 505 g/mol. The zero-order valence-electron chi connectivity index (χ0n) is 15.0. The summed E-state index contributed by atoms with van der Waals surface area (Å²) in [5.74, 6) is -1.62. The number of aliphatic carboxylic acids is 2. The minimum absolute atomic E-state index is 0.195. The summed E-state index contributed by atoms with van der Waals surface area (Å²) in [5, 5.41) is 18.8. The van der Waals surface area contributed by atoms with Crippen molar-refractivity contribution < 1.29 is 29.3 Å². The lowest BCUT2D eigenvalue weighted by atomic mass is 10.3. The molecule has 2 unspecified atom stereocenters. The molecule has 0 radical (unpaired) electrons. The maximum atomic E-state index is 10.5. The number of carboxylic acid groups (broad SMARTS) is 2. The number of carboxylic acids is 2. The molecule has 158 valence electrons. The van der Waals surface area contributed by atoms with Crippen molar-refractivity contribution in [3.63, 3.8) is 0 Å². The fourth-order valence-electron chi connectivity index (χ4n) is 1.65. The molecule has 0 aliphatic heterocycles. The molecule has 0 bridgehead atoms. The van der Waals surface area contributed by atoms with E-state index in [1.54, 1.807) is 6.07 Å². The highest BCUT2D eigenvalue weighted by Gasteiger charge is 2.16. The fourth-order valence-corrected chi connectivity index (χ4v) is 2.68. The average Bonchev–Trinajstić information content (AvgIpc) is 2.62. The summed E-state index contributed by atoms with van der Waals surface area (Å²) >= 11 is 28.7. The highest BCUT2D eigenvalue weighted by atomic mass is 35.5. The molecule has 29 heavy (non-hydrogen) atoms. The van der Waals surface area contributed by atoms with Crippen LogP contribution in [0.1, 0.15) is 13.8 Å². The number of hydrogen-bond donors (Lipinski definition) is 2. The molecule has 0 saturated heterocycles. The number of ether oxygens (including phenoxy) is 2. The predicted molar refractivity (Wildman–Crippen MR) is 113 cm³/mol. The van der Waals surface area contributed by atoms with E-state index in [0.29, 0.717) is 15.8 Å². The second-order valence-corrected chi connectivity index (χ2v) is 7.53. The van der Waals surface area contributed by atoms with E-state index < -0.39 is 24.1 Å². The predicted octanol–water partition coefficient (Wildman–Crippen LogP) is 6.34. The summed E-state index contributed by atoms with van der Waals surface area (Å²) in [4.78, 5) is 21.0. The first kappa shape index (κ1) is 25.5. The molecular weight excluding hydrogens is 489 g/mol. The number of carbonyl (C=O) groups is 2. The van der Waals surface area contributed by atoms with Gasteiger partial charge in [-0.05, 0) is 38.1 Å². The third-order valence-electron chi connectivity index (χ3n) is 3.17. The van der Waals surface area contributed by atoms with E-state index in [0.717, 1.165) is 0 Å². The first-order chi connectivity index (χ1) is 13.4. The molecule has 2 aromatic rings. The summed E-state index contributed by atoms with van der Waals surface area (Å²) < 4.78 is 10.1. The van der Waals surface area contributed by atoms with Crippen molar-refractivity contribution in [3.8, 4) is 11.5 Å². The van der Waals surface area contributed by atoms with E-state index >= 15 is 0 Å². The van der Waals surface area contributed by atoms with E-state index in [-0.39, 0.29) is 20.8 Å². The largest absolute Gasteiger partial charge is 0.479 e. The molecule has 2 aromatic carbocycles. The van der Waals surface area contributed by atoms with Gasteiger partial charge in [0.1, 0.15) is 11.5 Å². The van der Waals surface area contributed by atoms with Crippen LogP contribution in [0, 0.1) is 0 Å². The van der Waals surface area contributed by atoms with Gasteiger partial charge in [-0.25, -0.2) is 9.59 Å². The Labute approximate surface area is 191 Å². The molecule has 0 aromatic heterocycles. The van der Waals surface area contributed by atoms with Crippen molar-refractivity contribution in [1.29, 1.82) is 0 Å². The van der Waals surface area contributed by atoms with E-state index in [1.807, 2.05) is 0 Å². The minimum atomic E-state index is -1.09. The quantitative estimate of drug-likeness (QED) is 0.446. The van der Waals surface area contributed by atoms with Gasteiger partial charge >= 0.3 is 11.9 Å². The lowest BCUT2D eigenvalue weighted by molar-refractivity contribution is -0.145. The maximum Gasteiger partial charge on any atom is 0.344 e. The van der Waals surface area contributed by atoms with Crippen LogP contribution >= 0.6 is 58.0 Å². The number of rotatable bonds is 6. The van der Waals surface area contributed by atoms with Crippen molar-refractivity contribution in [2.75, 3.05) is 0 Å². The first-order valence-electron chi connectivity index (χ1n) is 7.80. The standard InChI is InChI=1S/C9H7Cl3O3.C9H8Cl2O3/c1-4(9(13)14)15-8-3-6(11)5(10)2-7(8)12;1-5(9(12)13)14-8-3-2-6(10)4-7(8)11/h2-4H,1H3,(H,13,14);2-5H,1H3,(H,12,13). The van der Waals surface area contributed by atoms with Gasteiger partial charge in [-0.3, -0.25) is 0 Å². The SMILES string of the molecule is CC(Oc1cc(Cl)c(Cl)cc1Cl)C(=O)O.CC(Oc1ccc(Cl)cc1Cl)C(=O)O. The summed E-state index contributed by atoms with van der Waals surface area (Å²) in [6.45, 7) is 2.81. The van der Waals surface area contributed by atoms with Gasteiger partial charge in [-0.2, -0.15) is 0 Å². The second kappa shape index (κ2) is 11.6. The van der Waals surface area contributed by atoms with Crippen LogP contribution < -0.4 is 9.47 Å². The van der Waals surface area contributed by atoms with E-state index in [4.69, 9.17) is 77.7 Å². The van der Waals surface area contributed by atoms with Crippen LogP contribution in [0.4, 0.5) is 0 Å². The Bertz CT molecular complexity index is 889.